The summed E-state index contributed by atoms with van der Waals surface area (Å²) in [6, 6.07) is 5.94. The van der Waals surface area contributed by atoms with Crippen LogP contribution >= 0.6 is 0 Å². The van der Waals surface area contributed by atoms with Gasteiger partial charge in [0, 0.05) is 31.4 Å². The summed E-state index contributed by atoms with van der Waals surface area (Å²) < 4.78 is 11.1. The van der Waals surface area contributed by atoms with Crippen molar-refractivity contribution in [2.24, 2.45) is 0 Å². The monoisotopic (exact) mass is 343 g/mol. The Kier molecular flexibility index (Phi) is 4.70. The minimum Gasteiger partial charge on any atom is -0.489 e. The molecule has 0 saturated carbocycles. The smallest absolute Gasteiger partial charge is 0.234 e. The zero-order valence-corrected chi connectivity index (χ0v) is 15.5. The third kappa shape index (κ3) is 3.08. The molecule has 1 atom stereocenters. The van der Waals surface area contributed by atoms with Gasteiger partial charge in [-0.15, -0.1) is 0 Å². The van der Waals surface area contributed by atoms with Gasteiger partial charge in [0.1, 0.15) is 18.1 Å². The Labute approximate surface area is 148 Å². The second kappa shape index (κ2) is 6.78. The van der Waals surface area contributed by atoms with E-state index in [-0.39, 0.29) is 11.8 Å². The molecule has 6 nitrogen and oxygen atoms in total. The van der Waals surface area contributed by atoms with Gasteiger partial charge in [-0.05, 0) is 32.4 Å². The molecule has 1 aliphatic rings. The maximum Gasteiger partial charge on any atom is 0.234 e. The van der Waals surface area contributed by atoms with Crippen LogP contribution in [0, 0.1) is 13.8 Å². The molecule has 25 heavy (non-hydrogen) atoms. The number of hydrogen-bond donors (Lipinski definition) is 0. The Morgan fingerprint density at radius 3 is 2.72 bits per heavy atom. The van der Waals surface area contributed by atoms with Crippen molar-refractivity contribution in [1.29, 1.82) is 0 Å². The van der Waals surface area contributed by atoms with Gasteiger partial charge in [-0.1, -0.05) is 12.1 Å². The fourth-order valence-corrected chi connectivity index (χ4v) is 3.39. The number of nitrogens with zero attached hydrogens (tertiary/aromatic N) is 3. The number of carbonyl (C=O) groups is 1. The van der Waals surface area contributed by atoms with Gasteiger partial charge < -0.3 is 19.1 Å². The van der Waals surface area contributed by atoms with Crippen LogP contribution in [0.1, 0.15) is 36.3 Å². The summed E-state index contributed by atoms with van der Waals surface area (Å²) >= 11 is 0. The lowest BCUT2D eigenvalue weighted by Gasteiger charge is -2.32. The Bertz CT molecular complexity index is 763. The van der Waals surface area contributed by atoms with Crippen molar-refractivity contribution in [3.63, 3.8) is 0 Å². The first-order chi connectivity index (χ1) is 11.9. The van der Waals surface area contributed by atoms with E-state index in [1.807, 2.05) is 62.9 Å². The molecule has 2 aromatic rings. The summed E-state index contributed by atoms with van der Waals surface area (Å²) in [4.78, 5) is 17.2. The maximum atomic E-state index is 13.3. The third-order valence-electron chi connectivity index (χ3n) is 4.73. The Hall–Kier alpha value is -2.50. The van der Waals surface area contributed by atoms with E-state index < -0.39 is 0 Å². The summed E-state index contributed by atoms with van der Waals surface area (Å²) in [5.41, 5.74) is 3.57. The molecule has 1 amide bonds. The number of aryl methyl sites for hydroxylation is 2. The van der Waals surface area contributed by atoms with Crippen LogP contribution in [0.15, 0.2) is 22.7 Å². The lowest BCUT2D eigenvalue weighted by atomic mass is 9.93. The number of carbonyl (C=O) groups excluding carboxylic acids is 1. The molecule has 1 aromatic carbocycles. The van der Waals surface area contributed by atoms with E-state index in [1.165, 1.54) is 0 Å². The van der Waals surface area contributed by atoms with E-state index in [2.05, 4.69) is 5.16 Å². The number of rotatable bonds is 4. The van der Waals surface area contributed by atoms with E-state index in [0.717, 1.165) is 28.4 Å². The van der Waals surface area contributed by atoms with Gasteiger partial charge in [0.05, 0.1) is 23.8 Å². The average Bonchev–Trinajstić information content (AvgIpc) is 2.93. The van der Waals surface area contributed by atoms with E-state index in [1.54, 1.807) is 0 Å². The van der Waals surface area contributed by atoms with Crippen LogP contribution in [-0.2, 0) is 4.79 Å². The Morgan fingerprint density at radius 2 is 2.12 bits per heavy atom. The van der Waals surface area contributed by atoms with Crippen molar-refractivity contribution in [1.82, 2.24) is 5.16 Å². The van der Waals surface area contributed by atoms with Gasteiger partial charge in [0.25, 0.3) is 0 Å². The molecule has 1 aliphatic heterocycles. The van der Waals surface area contributed by atoms with Crippen LogP contribution in [0.3, 0.4) is 0 Å². The predicted octanol–water partition coefficient (Wildman–Crippen LogP) is 3.28. The lowest BCUT2D eigenvalue weighted by Crippen LogP contribution is -2.41. The number of aromatic nitrogens is 1. The quantitative estimate of drug-likeness (QED) is 0.853. The molecule has 0 aliphatic carbocycles. The number of amides is 1. The molecule has 3 rings (SSSR count). The highest BCUT2D eigenvalue weighted by Gasteiger charge is 2.33. The molecule has 0 unspecified atom stereocenters. The van der Waals surface area contributed by atoms with Crippen molar-refractivity contribution >= 4 is 17.3 Å². The number of anilines is 2. The van der Waals surface area contributed by atoms with Crippen molar-refractivity contribution in [2.75, 3.05) is 37.0 Å². The standard InChI is InChI=1S/C19H25N3O3/c1-6-15(18-12(2)20-25-13(18)3)19(23)22-9-10-24-17-11-14(21(4)5)7-8-16(17)22/h7-8,11,15H,6,9-10H2,1-5H3/t15-/m1/s1. The van der Waals surface area contributed by atoms with Crippen LogP contribution in [0.25, 0.3) is 0 Å². The van der Waals surface area contributed by atoms with Crippen molar-refractivity contribution in [3.8, 4) is 5.75 Å². The van der Waals surface area contributed by atoms with E-state index >= 15 is 0 Å². The van der Waals surface area contributed by atoms with Crippen LogP contribution in [-0.4, -0.2) is 38.3 Å². The Morgan fingerprint density at radius 1 is 1.36 bits per heavy atom. The summed E-state index contributed by atoms with van der Waals surface area (Å²) in [6.07, 6.45) is 0.699. The molecular formula is C19H25N3O3. The second-order valence-corrected chi connectivity index (χ2v) is 6.58. The maximum absolute atomic E-state index is 13.3. The molecule has 0 bridgehead atoms. The summed E-state index contributed by atoms with van der Waals surface area (Å²) in [5.74, 6) is 1.28. The zero-order chi connectivity index (χ0) is 18.1. The van der Waals surface area contributed by atoms with Crippen LogP contribution in [0.5, 0.6) is 5.75 Å². The number of ether oxygens (including phenoxy) is 1. The predicted molar refractivity (Wildman–Crippen MR) is 97.6 cm³/mol. The van der Waals surface area contributed by atoms with Gasteiger partial charge in [-0.3, -0.25) is 4.79 Å². The average molecular weight is 343 g/mol. The van der Waals surface area contributed by atoms with Gasteiger partial charge in [0.15, 0.2) is 0 Å². The SMILES string of the molecule is CC[C@@H](C(=O)N1CCOc2cc(N(C)C)ccc21)c1c(C)noc1C. The molecule has 2 heterocycles. The molecular weight excluding hydrogens is 318 g/mol. The zero-order valence-electron chi connectivity index (χ0n) is 15.5. The fraction of sp³-hybridized carbons (Fsp3) is 0.474. The molecule has 0 radical (unpaired) electrons. The lowest BCUT2D eigenvalue weighted by molar-refractivity contribution is -0.120. The minimum atomic E-state index is -0.259. The van der Waals surface area contributed by atoms with E-state index in [0.29, 0.717) is 25.3 Å². The van der Waals surface area contributed by atoms with Crippen molar-refractivity contribution in [2.45, 2.75) is 33.1 Å². The summed E-state index contributed by atoms with van der Waals surface area (Å²) in [5, 5.41) is 4.01. The molecule has 0 fully saturated rings. The molecule has 6 heteroatoms. The first-order valence-electron chi connectivity index (χ1n) is 8.62. The molecule has 0 N–H and O–H groups in total. The van der Waals surface area contributed by atoms with Gasteiger partial charge in [-0.25, -0.2) is 0 Å². The second-order valence-electron chi connectivity index (χ2n) is 6.58. The Balaban J connectivity index is 1.96. The third-order valence-corrected chi connectivity index (χ3v) is 4.73. The first kappa shape index (κ1) is 17.3. The minimum absolute atomic E-state index is 0.0686. The van der Waals surface area contributed by atoms with Gasteiger partial charge >= 0.3 is 0 Å². The van der Waals surface area contributed by atoms with Crippen LogP contribution in [0.2, 0.25) is 0 Å². The number of fused-ring (bicyclic) bond motifs is 1. The fourth-order valence-electron chi connectivity index (χ4n) is 3.39. The van der Waals surface area contributed by atoms with E-state index in [9.17, 15) is 4.79 Å². The summed E-state index contributed by atoms with van der Waals surface area (Å²) in [6.45, 7) is 6.81. The highest BCUT2D eigenvalue weighted by Crippen LogP contribution is 2.37. The van der Waals surface area contributed by atoms with Crippen LogP contribution in [0.4, 0.5) is 11.4 Å². The van der Waals surface area contributed by atoms with Gasteiger partial charge in [-0.2, -0.15) is 0 Å². The van der Waals surface area contributed by atoms with E-state index in [4.69, 9.17) is 9.26 Å². The summed E-state index contributed by atoms with van der Waals surface area (Å²) in [7, 11) is 3.97. The van der Waals surface area contributed by atoms with Crippen LogP contribution < -0.4 is 14.5 Å². The first-order valence-corrected chi connectivity index (χ1v) is 8.62. The highest BCUT2D eigenvalue weighted by molar-refractivity contribution is 6.00. The largest absolute Gasteiger partial charge is 0.489 e. The van der Waals surface area contributed by atoms with Crippen molar-refractivity contribution < 1.29 is 14.1 Å². The number of hydrogen-bond acceptors (Lipinski definition) is 5. The molecule has 0 saturated heterocycles. The molecule has 0 spiro atoms. The molecule has 134 valence electrons. The van der Waals surface area contributed by atoms with Crippen molar-refractivity contribution in [3.05, 3.63) is 35.2 Å². The number of benzene rings is 1. The topological polar surface area (TPSA) is 58.8 Å². The molecule has 1 aromatic heterocycles. The van der Waals surface area contributed by atoms with Gasteiger partial charge in [0.2, 0.25) is 5.91 Å². The normalized spacial score (nSPS) is 14.7. The highest BCUT2D eigenvalue weighted by atomic mass is 16.5.